The van der Waals surface area contributed by atoms with Gasteiger partial charge in [-0.3, -0.25) is 15.2 Å². The predicted molar refractivity (Wildman–Crippen MR) is 71.6 cm³/mol. The monoisotopic (exact) mass is 262 g/mol. The third-order valence-electron chi connectivity index (χ3n) is 2.12. The van der Waals surface area contributed by atoms with Crippen LogP contribution in [-0.4, -0.2) is 21.3 Å². The van der Waals surface area contributed by atoms with Crippen LogP contribution in [0.4, 0.5) is 5.69 Å². The van der Waals surface area contributed by atoms with Crippen molar-refractivity contribution in [1.29, 1.82) is 0 Å². The van der Waals surface area contributed by atoms with Gasteiger partial charge in [0.1, 0.15) is 5.56 Å². The van der Waals surface area contributed by atoms with Gasteiger partial charge in [0, 0.05) is 0 Å². The van der Waals surface area contributed by atoms with E-state index in [4.69, 9.17) is 12.2 Å². The number of H-pyrrole nitrogens is 2. The van der Waals surface area contributed by atoms with Crippen molar-refractivity contribution in [3.05, 3.63) is 51.0 Å². The molecular formula is C11H10N4O2S. The minimum absolute atomic E-state index is 0.00651. The molecule has 1 aromatic carbocycles. The average Bonchev–Trinajstić information content (AvgIpc) is 2.34. The number of hydrazone groups is 1. The van der Waals surface area contributed by atoms with Crippen LogP contribution in [0.1, 0.15) is 5.56 Å². The number of aromatic hydroxyl groups is 1. The average molecular weight is 262 g/mol. The summed E-state index contributed by atoms with van der Waals surface area (Å²) < 4.78 is 0.0608. The minimum atomic E-state index is -0.505. The summed E-state index contributed by atoms with van der Waals surface area (Å²) in [7, 11) is 0. The van der Waals surface area contributed by atoms with Crippen LogP contribution in [0.2, 0.25) is 0 Å². The lowest BCUT2D eigenvalue weighted by Gasteiger charge is -1.99. The molecule has 0 saturated heterocycles. The predicted octanol–water partition coefficient (Wildman–Crippen LogP) is 1.58. The Balaban J connectivity index is 2.20. The highest BCUT2D eigenvalue weighted by molar-refractivity contribution is 7.71. The largest absolute Gasteiger partial charge is 0.494 e. The van der Waals surface area contributed by atoms with Gasteiger partial charge in [-0.25, -0.2) is 0 Å². The van der Waals surface area contributed by atoms with Crippen molar-refractivity contribution >= 4 is 24.1 Å². The summed E-state index contributed by atoms with van der Waals surface area (Å²) >= 11 is 4.70. The van der Waals surface area contributed by atoms with Gasteiger partial charge in [-0.05, 0) is 24.4 Å². The van der Waals surface area contributed by atoms with Crippen LogP contribution in [0.5, 0.6) is 5.88 Å². The Kier molecular flexibility index (Phi) is 3.54. The van der Waals surface area contributed by atoms with E-state index in [1.54, 1.807) is 0 Å². The summed E-state index contributed by atoms with van der Waals surface area (Å²) in [4.78, 5) is 16.3. The highest BCUT2D eigenvalue weighted by Crippen LogP contribution is 2.06. The van der Waals surface area contributed by atoms with Crippen molar-refractivity contribution in [3.8, 4) is 5.88 Å². The second-order valence-corrected chi connectivity index (χ2v) is 3.81. The van der Waals surface area contributed by atoms with E-state index in [2.05, 4.69) is 20.5 Å². The molecule has 4 N–H and O–H groups in total. The van der Waals surface area contributed by atoms with Gasteiger partial charge in [0.05, 0.1) is 11.9 Å². The van der Waals surface area contributed by atoms with E-state index >= 15 is 0 Å². The zero-order chi connectivity index (χ0) is 13.0. The van der Waals surface area contributed by atoms with E-state index in [-0.39, 0.29) is 16.2 Å². The maximum absolute atomic E-state index is 11.5. The van der Waals surface area contributed by atoms with Crippen LogP contribution in [-0.2, 0) is 0 Å². The number of benzene rings is 1. The molecule has 2 aromatic rings. The molecular weight excluding hydrogens is 252 g/mol. The van der Waals surface area contributed by atoms with Gasteiger partial charge in [0.25, 0.3) is 5.56 Å². The molecule has 0 aliphatic carbocycles. The number of anilines is 1. The lowest BCUT2D eigenvalue weighted by Crippen LogP contribution is -2.14. The fourth-order valence-corrected chi connectivity index (χ4v) is 1.48. The van der Waals surface area contributed by atoms with Gasteiger partial charge < -0.3 is 10.1 Å². The van der Waals surface area contributed by atoms with Crippen LogP contribution in [0.15, 0.2) is 40.2 Å². The molecule has 0 bridgehead atoms. The van der Waals surface area contributed by atoms with Crippen molar-refractivity contribution < 1.29 is 5.11 Å². The fourth-order valence-electron chi connectivity index (χ4n) is 1.29. The molecule has 0 aliphatic heterocycles. The first-order valence-corrected chi connectivity index (χ1v) is 5.47. The van der Waals surface area contributed by atoms with E-state index in [1.807, 2.05) is 30.3 Å². The summed E-state index contributed by atoms with van der Waals surface area (Å²) in [6.45, 7) is 0. The molecule has 2 rings (SSSR count). The highest BCUT2D eigenvalue weighted by atomic mass is 32.1. The number of para-hydroxylation sites is 1. The number of hydrogen-bond acceptors (Lipinski definition) is 5. The van der Waals surface area contributed by atoms with Gasteiger partial charge in [-0.15, -0.1) is 0 Å². The number of nitrogens with zero attached hydrogens (tertiary/aromatic N) is 1. The maximum atomic E-state index is 11.5. The maximum Gasteiger partial charge on any atom is 0.264 e. The molecule has 0 unspecified atom stereocenters. The van der Waals surface area contributed by atoms with Crippen LogP contribution >= 0.6 is 12.2 Å². The molecule has 0 spiro atoms. The van der Waals surface area contributed by atoms with Crippen LogP contribution in [0.25, 0.3) is 0 Å². The van der Waals surface area contributed by atoms with Crippen molar-refractivity contribution in [2.45, 2.75) is 0 Å². The van der Waals surface area contributed by atoms with E-state index < -0.39 is 5.56 Å². The summed E-state index contributed by atoms with van der Waals surface area (Å²) in [5.41, 5.74) is 3.00. The molecule has 0 fully saturated rings. The van der Waals surface area contributed by atoms with Gasteiger partial charge in [0.15, 0.2) is 4.77 Å². The van der Waals surface area contributed by atoms with Crippen molar-refractivity contribution in [2.75, 3.05) is 5.43 Å². The first-order chi connectivity index (χ1) is 8.66. The van der Waals surface area contributed by atoms with Gasteiger partial charge >= 0.3 is 0 Å². The quantitative estimate of drug-likeness (QED) is 0.384. The number of nitrogens with one attached hydrogen (secondary N) is 3. The normalized spacial score (nSPS) is 10.7. The molecule has 7 heteroatoms. The standard InChI is InChI=1S/C11H10N4O2S/c16-9-8(10(17)14-11(18)13-9)6-12-15-7-4-2-1-3-5-7/h1-6,15H,(H3,13,14,16,17,18). The Morgan fingerprint density at radius 2 is 2.00 bits per heavy atom. The molecule has 0 radical (unpaired) electrons. The number of aromatic nitrogens is 2. The summed E-state index contributed by atoms with van der Waals surface area (Å²) in [5, 5.41) is 13.4. The van der Waals surface area contributed by atoms with E-state index in [0.29, 0.717) is 0 Å². The zero-order valence-corrected chi connectivity index (χ0v) is 9.99. The number of rotatable bonds is 3. The summed E-state index contributed by atoms with van der Waals surface area (Å²) in [6.07, 6.45) is 1.21. The van der Waals surface area contributed by atoms with Crippen molar-refractivity contribution in [3.63, 3.8) is 0 Å². The molecule has 0 atom stereocenters. The van der Waals surface area contributed by atoms with Crippen LogP contribution in [0.3, 0.4) is 0 Å². The fraction of sp³-hybridized carbons (Fsp3) is 0. The molecule has 6 nitrogen and oxygen atoms in total. The Morgan fingerprint density at radius 3 is 2.67 bits per heavy atom. The third-order valence-corrected chi connectivity index (χ3v) is 2.32. The molecule has 1 heterocycles. The Labute approximate surface area is 107 Å². The lowest BCUT2D eigenvalue weighted by molar-refractivity contribution is 0.449. The van der Waals surface area contributed by atoms with Crippen LogP contribution in [0, 0.1) is 4.77 Å². The Bertz CT molecular complexity index is 675. The highest BCUT2D eigenvalue weighted by Gasteiger charge is 2.03. The Hall–Kier alpha value is -2.41. The summed E-state index contributed by atoms with van der Waals surface area (Å²) in [6, 6.07) is 9.21. The van der Waals surface area contributed by atoms with Gasteiger partial charge in [-0.2, -0.15) is 5.10 Å². The van der Waals surface area contributed by atoms with Crippen LogP contribution < -0.4 is 11.0 Å². The SMILES string of the molecule is O=c1[nH]c(=S)[nH]c(O)c1C=NNc1ccccc1. The number of aromatic amines is 2. The molecule has 1 aromatic heterocycles. The van der Waals surface area contributed by atoms with Crippen molar-refractivity contribution in [1.82, 2.24) is 9.97 Å². The molecule has 0 saturated carbocycles. The first kappa shape index (κ1) is 12.1. The van der Waals surface area contributed by atoms with E-state index in [0.717, 1.165) is 5.69 Å². The minimum Gasteiger partial charge on any atom is -0.494 e. The molecule has 0 aliphatic rings. The second-order valence-electron chi connectivity index (χ2n) is 3.41. The second kappa shape index (κ2) is 5.28. The first-order valence-electron chi connectivity index (χ1n) is 5.06. The third kappa shape index (κ3) is 2.83. The van der Waals surface area contributed by atoms with Crippen molar-refractivity contribution in [2.24, 2.45) is 5.10 Å². The van der Waals surface area contributed by atoms with E-state index in [1.165, 1.54) is 6.21 Å². The molecule has 0 amide bonds. The summed E-state index contributed by atoms with van der Waals surface area (Å²) in [5.74, 6) is -0.317. The van der Waals surface area contributed by atoms with Gasteiger partial charge in [-0.1, -0.05) is 18.2 Å². The molecule has 18 heavy (non-hydrogen) atoms. The zero-order valence-electron chi connectivity index (χ0n) is 9.18. The molecule has 92 valence electrons. The van der Waals surface area contributed by atoms with E-state index in [9.17, 15) is 9.90 Å². The van der Waals surface area contributed by atoms with Gasteiger partial charge in [0.2, 0.25) is 5.88 Å². The Morgan fingerprint density at radius 1 is 1.28 bits per heavy atom. The number of hydrogen-bond donors (Lipinski definition) is 4. The lowest BCUT2D eigenvalue weighted by atomic mass is 10.3. The topological polar surface area (TPSA) is 93.3 Å². The smallest absolute Gasteiger partial charge is 0.264 e.